The number of carbonyl (C=O) groups is 2. The highest BCUT2D eigenvalue weighted by atomic mass is 19.3. The number of pyridine rings is 1. The van der Waals surface area contributed by atoms with Crippen molar-refractivity contribution in [2.24, 2.45) is 5.41 Å². The molecular weight excluding hydrogens is 482 g/mol. The molecule has 1 aromatic heterocycles. The van der Waals surface area contributed by atoms with Crippen molar-refractivity contribution >= 4 is 17.7 Å². The molecule has 0 saturated carbocycles. The lowest BCUT2D eigenvalue weighted by Gasteiger charge is -2.26. The Labute approximate surface area is 219 Å². The molecule has 0 spiro atoms. The number of hydrogen-bond acceptors (Lipinski definition) is 6. The molecule has 8 nitrogen and oxygen atoms in total. The summed E-state index contributed by atoms with van der Waals surface area (Å²) in [5.41, 5.74) is 0.809. The summed E-state index contributed by atoms with van der Waals surface area (Å²) in [4.78, 5) is 30.9. The largest absolute Gasteiger partial charge is 0.480 e. The SMILES string of the molecule is CC(C)OCCN(CCCCc1ccc2c(n1)NCCC2)CCC(NC(=O)CC(C)(C)C(F)F)C(=O)O. The van der Waals surface area contributed by atoms with Gasteiger partial charge >= 0.3 is 5.97 Å². The lowest BCUT2D eigenvalue weighted by molar-refractivity contribution is -0.142. The molecule has 37 heavy (non-hydrogen) atoms. The van der Waals surface area contributed by atoms with E-state index >= 15 is 0 Å². The first-order chi connectivity index (χ1) is 17.5. The van der Waals surface area contributed by atoms with Gasteiger partial charge in [0.2, 0.25) is 12.3 Å². The third-order valence-electron chi connectivity index (χ3n) is 6.54. The van der Waals surface area contributed by atoms with E-state index in [1.165, 1.54) is 19.4 Å². The average Bonchev–Trinajstić information content (AvgIpc) is 2.82. The number of ether oxygens (including phenoxy) is 1. The van der Waals surface area contributed by atoms with Gasteiger partial charge in [0, 0.05) is 37.2 Å². The van der Waals surface area contributed by atoms with E-state index < -0.39 is 36.2 Å². The van der Waals surface area contributed by atoms with Crippen LogP contribution in [0.3, 0.4) is 0 Å². The van der Waals surface area contributed by atoms with Gasteiger partial charge in [0.25, 0.3) is 0 Å². The summed E-state index contributed by atoms with van der Waals surface area (Å²) in [6.07, 6.45) is 2.05. The third-order valence-corrected chi connectivity index (χ3v) is 6.54. The van der Waals surface area contributed by atoms with Crippen molar-refractivity contribution in [3.05, 3.63) is 23.4 Å². The number of fused-ring (bicyclic) bond motifs is 1. The number of hydrogen-bond donors (Lipinski definition) is 3. The van der Waals surface area contributed by atoms with Crippen molar-refractivity contribution in [2.75, 3.05) is 38.1 Å². The van der Waals surface area contributed by atoms with E-state index in [1.54, 1.807) is 0 Å². The fourth-order valence-corrected chi connectivity index (χ4v) is 4.21. The highest BCUT2D eigenvalue weighted by Gasteiger charge is 2.33. The van der Waals surface area contributed by atoms with E-state index in [2.05, 4.69) is 27.7 Å². The molecule has 1 atom stereocenters. The lowest BCUT2D eigenvalue weighted by atomic mass is 9.89. The Balaban J connectivity index is 1.86. The number of carboxylic acid groups (broad SMARTS) is 1. The second-order valence-corrected chi connectivity index (χ2v) is 10.8. The maximum atomic E-state index is 13.1. The van der Waals surface area contributed by atoms with E-state index in [4.69, 9.17) is 9.72 Å². The minimum atomic E-state index is -2.68. The van der Waals surface area contributed by atoms with Gasteiger partial charge in [0.1, 0.15) is 11.9 Å². The predicted molar refractivity (Wildman–Crippen MR) is 140 cm³/mol. The number of nitrogens with one attached hydrogen (secondary N) is 2. The topological polar surface area (TPSA) is 104 Å². The zero-order valence-corrected chi connectivity index (χ0v) is 22.7. The Hall–Kier alpha value is -2.33. The van der Waals surface area contributed by atoms with Crippen LogP contribution in [0.2, 0.25) is 0 Å². The maximum Gasteiger partial charge on any atom is 0.326 e. The van der Waals surface area contributed by atoms with E-state index in [9.17, 15) is 23.5 Å². The van der Waals surface area contributed by atoms with Crippen molar-refractivity contribution in [3.8, 4) is 0 Å². The van der Waals surface area contributed by atoms with E-state index in [-0.39, 0.29) is 12.5 Å². The van der Waals surface area contributed by atoms with E-state index in [1.807, 2.05) is 13.8 Å². The van der Waals surface area contributed by atoms with Crippen LogP contribution in [-0.2, 0) is 27.2 Å². The average molecular weight is 527 g/mol. The molecule has 1 aliphatic heterocycles. The number of aliphatic carboxylic acids is 1. The van der Waals surface area contributed by atoms with Gasteiger partial charge in [-0.05, 0) is 70.5 Å². The Morgan fingerprint density at radius 1 is 1.22 bits per heavy atom. The highest BCUT2D eigenvalue weighted by Crippen LogP contribution is 2.28. The van der Waals surface area contributed by atoms with Gasteiger partial charge in [-0.2, -0.15) is 0 Å². The van der Waals surface area contributed by atoms with Crippen molar-refractivity contribution < 1.29 is 28.2 Å². The number of carbonyl (C=O) groups excluding carboxylic acids is 1. The minimum absolute atomic E-state index is 0.0924. The fraction of sp³-hybridized carbons (Fsp3) is 0.741. The number of aryl methyl sites for hydroxylation is 2. The molecule has 10 heteroatoms. The molecule has 1 amide bonds. The number of halogens is 2. The van der Waals surface area contributed by atoms with Gasteiger partial charge < -0.3 is 25.4 Å². The van der Waals surface area contributed by atoms with Gasteiger partial charge in [0.15, 0.2) is 0 Å². The maximum absolute atomic E-state index is 13.1. The summed E-state index contributed by atoms with van der Waals surface area (Å²) in [6, 6.07) is 3.11. The molecule has 0 bridgehead atoms. The van der Waals surface area contributed by atoms with Crippen LogP contribution < -0.4 is 10.6 Å². The van der Waals surface area contributed by atoms with Crippen LogP contribution in [0.15, 0.2) is 12.1 Å². The lowest BCUT2D eigenvalue weighted by Crippen LogP contribution is -2.45. The summed E-state index contributed by atoms with van der Waals surface area (Å²) < 4.78 is 31.9. The molecule has 0 radical (unpaired) electrons. The number of anilines is 1. The van der Waals surface area contributed by atoms with Gasteiger partial charge in [-0.1, -0.05) is 19.9 Å². The number of nitrogens with zero attached hydrogens (tertiary/aromatic N) is 2. The van der Waals surface area contributed by atoms with Gasteiger partial charge in [-0.15, -0.1) is 0 Å². The molecule has 1 unspecified atom stereocenters. The molecule has 1 aromatic rings. The summed E-state index contributed by atoms with van der Waals surface area (Å²) in [7, 11) is 0. The molecule has 3 N–H and O–H groups in total. The molecule has 0 aliphatic carbocycles. The Morgan fingerprint density at radius 2 is 1.97 bits per heavy atom. The van der Waals surface area contributed by atoms with E-state index in [0.717, 1.165) is 56.7 Å². The molecule has 1 aliphatic rings. The second kappa shape index (κ2) is 15.2. The van der Waals surface area contributed by atoms with Crippen molar-refractivity contribution in [2.45, 2.75) is 91.2 Å². The Kier molecular flexibility index (Phi) is 12.7. The predicted octanol–water partition coefficient (Wildman–Crippen LogP) is 4.13. The first-order valence-corrected chi connectivity index (χ1v) is 13.3. The molecule has 0 fully saturated rings. The van der Waals surface area contributed by atoms with Crippen LogP contribution in [0.4, 0.5) is 14.6 Å². The Morgan fingerprint density at radius 3 is 2.65 bits per heavy atom. The number of unbranched alkanes of at least 4 members (excludes halogenated alkanes) is 1. The smallest absolute Gasteiger partial charge is 0.326 e. The van der Waals surface area contributed by atoms with Crippen LogP contribution in [0.1, 0.15) is 71.1 Å². The van der Waals surface area contributed by atoms with Crippen LogP contribution in [-0.4, -0.2) is 78.2 Å². The van der Waals surface area contributed by atoms with Crippen LogP contribution >= 0.6 is 0 Å². The zero-order chi connectivity index (χ0) is 27.4. The van der Waals surface area contributed by atoms with Crippen molar-refractivity contribution in [1.82, 2.24) is 15.2 Å². The second-order valence-electron chi connectivity index (χ2n) is 10.8. The molecule has 0 saturated heterocycles. The minimum Gasteiger partial charge on any atom is -0.480 e. The van der Waals surface area contributed by atoms with E-state index in [0.29, 0.717) is 19.7 Å². The first-order valence-electron chi connectivity index (χ1n) is 13.3. The summed E-state index contributed by atoms with van der Waals surface area (Å²) >= 11 is 0. The standard InChI is InChI=1S/C27H44F2N4O4/c1-19(2)37-17-16-33(14-6-5-9-21-11-10-20-8-7-13-30-24(20)31-21)15-12-22(25(35)36)32-23(34)18-27(3,4)26(28)29/h10-11,19,22,26H,5-9,12-18H2,1-4H3,(H,30,31)(H,32,34)(H,35,36). The quantitative estimate of drug-likeness (QED) is 0.262. The molecule has 2 rings (SSSR count). The monoisotopic (exact) mass is 526 g/mol. The number of alkyl halides is 2. The number of carboxylic acids is 1. The summed E-state index contributed by atoms with van der Waals surface area (Å²) in [6.45, 7) is 9.81. The number of rotatable bonds is 17. The van der Waals surface area contributed by atoms with Crippen LogP contribution in [0, 0.1) is 5.41 Å². The normalized spacial score (nSPS) is 14.5. The van der Waals surface area contributed by atoms with Gasteiger partial charge in [-0.3, -0.25) is 4.79 Å². The van der Waals surface area contributed by atoms with Gasteiger partial charge in [0.05, 0.1) is 12.7 Å². The van der Waals surface area contributed by atoms with Crippen molar-refractivity contribution in [3.63, 3.8) is 0 Å². The fourth-order valence-electron chi connectivity index (χ4n) is 4.21. The van der Waals surface area contributed by atoms with Crippen LogP contribution in [0.25, 0.3) is 0 Å². The van der Waals surface area contributed by atoms with Gasteiger partial charge in [-0.25, -0.2) is 18.6 Å². The van der Waals surface area contributed by atoms with Crippen molar-refractivity contribution in [1.29, 1.82) is 0 Å². The molecular formula is C27H44F2N4O4. The molecule has 0 aromatic carbocycles. The number of aromatic nitrogens is 1. The molecule has 210 valence electrons. The highest BCUT2D eigenvalue weighted by molar-refractivity contribution is 5.83. The zero-order valence-electron chi connectivity index (χ0n) is 22.7. The first kappa shape index (κ1) is 30.9. The summed E-state index contributed by atoms with van der Waals surface area (Å²) in [5.74, 6) is -0.858. The summed E-state index contributed by atoms with van der Waals surface area (Å²) in [5, 5.41) is 15.4. The third kappa shape index (κ3) is 11.3. The van der Waals surface area contributed by atoms with Crippen LogP contribution in [0.5, 0.6) is 0 Å². The molecule has 2 heterocycles. The Bertz CT molecular complexity index is 867. The number of amides is 1.